The maximum Gasteiger partial charge on any atom is 0.130 e. The summed E-state index contributed by atoms with van der Waals surface area (Å²) in [7, 11) is 0. The molecule has 0 unspecified atom stereocenters. The summed E-state index contributed by atoms with van der Waals surface area (Å²) in [6.07, 6.45) is 8.43. The summed E-state index contributed by atoms with van der Waals surface area (Å²) in [5.41, 5.74) is 8.05. The van der Waals surface area contributed by atoms with Crippen LogP contribution in [0.1, 0.15) is 25.7 Å². The van der Waals surface area contributed by atoms with Crippen molar-refractivity contribution in [1.29, 1.82) is 0 Å². The van der Waals surface area contributed by atoms with Crippen molar-refractivity contribution in [2.45, 2.75) is 31.7 Å². The quantitative estimate of drug-likeness (QED) is 0.752. The number of rotatable bonds is 3. The molecule has 140 valence electrons. The molecule has 3 aromatic rings. The molecule has 0 saturated carbocycles. The summed E-state index contributed by atoms with van der Waals surface area (Å²) in [4.78, 5) is 18.7. The Labute approximate surface area is 163 Å². The first kappa shape index (κ1) is 16.9. The second kappa shape index (κ2) is 7.05. The van der Waals surface area contributed by atoms with E-state index in [9.17, 15) is 0 Å². The molecule has 0 aromatic carbocycles. The summed E-state index contributed by atoms with van der Waals surface area (Å²) in [5, 5.41) is 1.00. The largest absolute Gasteiger partial charge is 0.357 e. The molecule has 0 atom stereocenters. The van der Waals surface area contributed by atoms with E-state index in [2.05, 4.69) is 38.0 Å². The molecule has 2 aliphatic rings. The Bertz CT molecular complexity index is 923. The normalized spacial score (nSPS) is 18.6. The molecule has 5 heterocycles. The van der Waals surface area contributed by atoms with Gasteiger partial charge in [-0.2, -0.15) is 0 Å². The van der Waals surface area contributed by atoms with Crippen LogP contribution in [0, 0.1) is 0 Å². The molecule has 0 aliphatic carbocycles. The van der Waals surface area contributed by atoms with Crippen LogP contribution in [0.4, 0.5) is 11.6 Å². The van der Waals surface area contributed by atoms with Crippen LogP contribution in [0.25, 0.3) is 20.8 Å². The number of pyridine rings is 2. The lowest BCUT2D eigenvalue weighted by Crippen LogP contribution is -2.40. The van der Waals surface area contributed by atoms with Gasteiger partial charge in [0.25, 0.3) is 0 Å². The topological polar surface area (TPSA) is 71.2 Å². The van der Waals surface area contributed by atoms with Crippen molar-refractivity contribution >= 4 is 33.2 Å². The predicted octanol–water partition coefficient (Wildman–Crippen LogP) is 3.28. The Hall–Kier alpha value is -2.25. The second-order valence-electron chi connectivity index (χ2n) is 7.45. The van der Waals surface area contributed by atoms with Crippen molar-refractivity contribution in [3.8, 4) is 10.6 Å². The zero-order chi connectivity index (χ0) is 18.2. The van der Waals surface area contributed by atoms with Gasteiger partial charge < -0.3 is 15.5 Å². The lowest BCUT2D eigenvalue weighted by Gasteiger charge is -2.30. The van der Waals surface area contributed by atoms with Crippen LogP contribution in [0.2, 0.25) is 0 Å². The van der Waals surface area contributed by atoms with Gasteiger partial charge in [0.2, 0.25) is 0 Å². The maximum absolute atomic E-state index is 6.02. The van der Waals surface area contributed by atoms with Crippen LogP contribution in [0.5, 0.6) is 0 Å². The van der Waals surface area contributed by atoms with Gasteiger partial charge in [0.15, 0.2) is 0 Å². The van der Waals surface area contributed by atoms with E-state index in [0.717, 1.165) is 66.7 Å². The molecule has 2 N–H and O–H groups in total. The predicted molar refractivity (Wildman–Crippen MR) is 112 cm³/mol. The first-order valence-corrected chi connectivity index (χ1v) is 10.6. The van der Waals surface area contributed by atoms with Gasteiger partial charge in [-0.05, 0) is 37.8 Å². The number of piperidine rings is 1. The van der Waals surface area contributed by atoms with Crippen molar-refractivity contribution in [2.24, 2.45) is 5.73 Å². The monoisotopic (exact) mass is 380 g/mol. The van der Waals surface area contributed by atoms with E-state index >= 15 is 0 Å². The van der Waals surface area contributed by atoms with Gasteiger partial charge in [0.05, 0.1) is 10.9 Å². The van der Waals surface area contributed by atoms with Gasteiger partial charge in [-0.1, -0.05) is 0 Å². The third kappa shape index (κ3) is 3.37. The molecule has 6 nitrogen and oxygen atoms in total. The molecular formula is C20H24N6S. The van der Waals surface area contributed by atoms with E-state index in [1.807, 2.05) is 12.4 Å². The second-order valence-corrected chi connectivity index (χ2v) is 8.48. The Kier molecular flexibility index (Phi) is 4.41. The minimum absolute atomic E-state index is 0.330. The van der Waals surface area contributed by atoms with Crippen molar-refractivity contribution in [3.05, 3.63) is 30.6 Å². The molecule has 0 spiro atoms. The van der Waals surface area contributed by atoms with Gasteiger partial charge >= 0.3 is 0 Å². The maximum atomic E-state index is 6.02. The highest BCUT2D eigenvalue weighted by Gasteiger charge is 2.18. The third-order valence-corrected chi connectivity index (χ3v) is 6.62. The Morgan fingerprint density at radius 1 is 0.926 bits per heavy atom. The molecule has 27 heavy (non-hydrogen) atoms. The number of fused-ring (bicyclic) bond motifs is 1. The minimum Gasteiger partial charge on any atom is -0.357 e. The van der Waals surface area contributed by atoms with Crippen LogP contribution in [-0.4, -0.2) is 47.2 Å². The van der Waals surface area contributed by atoms with Crippen LogP contribution in [0.15, 0.2) is 30.6 Å². The Balaban J connectivity index is 1.39. The zero-order valence-corrected chi connectivity index (χ0v) is 16.2. The number of hydrogen-bond donors (Lipinski definition) is 1. The zero-order valence-electron chi connectivity index (χ0n) is 15.3. The summed E-state index contributed by atoms with van der Waals surface area (Å²) in [6, 6.07) is 6.75. The molecule has 0 radical (unpaired) electrons. The molecule has 0 amide bonds. The highest BCUT2D eigenvalue weighted by Crippen LogP contribution is 2.32. The lowest BCUT2D eigenvalue weighted by atomic mass is 10.1. The SMILES string of the molecule is NC1CCN(c2cc3sc(-c4ccc(N5CCCC5)nc4)nc3cn2)CC1. The fourth-order valence-electron chi connectivity index (χ4n) is 3.89. The van der Waals surface area contributed by atoms with Crippen molar-refractivity contribution in [3.63, 3.8) is 0 Å². The molecule has 0 bridgehead atoms. The molecule has 5 rings (SSSR count). The van der Waals surface area contributed by atoms with Gasteiger partial charge in [-0.15, -0.1) is 11.3 Å². The third-order valence-electron chi connectivity index (χ3n) is 5.55. The lowest BCUT2D eigenvalue weighted by molar-refractivity contribution is 0.499. The average molecular weight is 381 g/mol. The summed E-state index contributed by atoms with van der Waals surface area (Å²) >= 11 is 1.71. The van der Waals surface area contributed by atoms with Crippen molar-refractivity contribution < 1.29 is 0 Å². The van der Waals surface area contributed by atoms with Gasteiger partial charge in [-0.3, -0.25) is 0 Å². The number of aromatic nitrogens is 3. The molecular weight excluding hydrogens is 356 g/mol. The highest BCUT2D eigenvalue weighted by atomic mass is 32.1. The van der Waals surface area contributed by atoms with Crippen LogP contribution < -0.4 is 15.5 Å². The van der Waals surface area contributed by atoms with Gasteiger partial charge in [0.1, 0.15) is 22.2 Å². The summed E-state index contributed by atoms with van der Waals surface area (Å²) in [5.74, 6) is 2.11. The molecule has 3 aromatic heterocycles. The van der Waals surface area contributed by atoms with Gasteiger partial charge in [-0.25, -0.2) is 15.0 Å². The standard InChI is InChI=1S/C20H24N6S/c21-15-5-9-26(10-6-15)19-11-17-16(13-23-19)24-20(27-17)14-3-4-18(22-12-14)25-7-1-2-8-25/h3-4,11-13,15H,1-2,5-10,21H2. The number of thiazole rings is 1. The molecule has 2 fully saturated rings. The Morgan fingerprint density at radius 3 is 2.41 bits per heavy atom. The minimum atomic E-state index is 0.330. The number of nitrogens with two attached hydrogens (primary N) is 1. The van der Waals surface area contributed by atoms with E-state index in [1.54, 1.807) is 11.3 Å². The number of nitrogens with zero attached hydrogens (tertiary/aromatic N) is 5. The Morgan fingerprint density at radius 2 is 1.67 bits per heavy atom. The molecule has 7 heteroatoms. The highest BCUT2D eigenvalue weighted by molar-refractivity contribution is 7.21. The van der Waals surface area contributed by atoms with E-state index in [4.69, 9.17) is 10.7 Å². The average Bonchev–Trinajstić information content (AvgIpc) is 3.38. The van der Waals surface area contributed by atoms with E-state index < -0.39 is 0 Å². The number of anilines is 2. The molecule has 2 aliphatic heterocycles. The smallest absolute Gasteiger partial charge is 0.130 e. The van der Waals surface area contributed by atoms with Crippen LogP contribution in [-0.2, 0) is 0 Å². The van der Waals surface area contributed by atoms with Crippen molar-refractivity contribution in [2.75, 3.05) is 36.0 Å². The first-order valence-electron chi connectivity index (χ1n) is 9.75. The van der Waals surface area contributed by atoms with Crippen LogP contribution in [0.3, 0.4) is 0 Å². The summed E-state index contributed by atoms with van der Waals surface area (Å²) < 4.78 is 1.17. The molecule has 2 saturated heterocycles. The van der Waals surface area contributed by atoms with Crippen LogP contribution >= 0.6 is 11.3 Å². The van der Waals surface area contributed by atoms with Gasteiger partial charge in [0, 0.05) is 50.0 Å². The summed E-state index contributed by atoms with van der Waals surface area (Å²) in [6.45, 7) is 4.19. The fourth-order valence-corrected chi connectivity index (χ4v) is 4.85. The first-order chi connectivity index (χ1) is 13.3. The fraction of sp³-hybridized carbons (Fsp3) is 0.450. The number of hydrogen-bond acceptors (Lipinski definition) is 7. The van der Waals surface area contributed by atoms with E-state index in [1.165, 1.54) is 17.5 Å². The van der Waals surface area contributed by atoms with E-state index in [-0.39, 0.29) is 0 Å². The van der Waals surface area contributed by atoms with E-state index in [0.29, 0.717) is 6.04 Å². The van der Waals surface area contributed by atoms with Crippen molar-refractivity contribution in [1.82, 2.24) is 15.0 Å².